The minimum atomic E-state index is -0.960. The number of carboxylic acids is 1. The van der Waals surface area contributed by atoms with Gasteiger partial charge in [-0.15, -0.1) is 10.2 Å². The Bertz CT molecular complexity index is 945. The molecule has 6 nitrogen and oxygen atoms in total. The Labute approximate surface area is 185 Å². The van der Waals surface area contributed by atoms with Gasteiger partial charge in [-0.3, -0.25) is 0 Å². The predicted molar refractivity (Wildman–Crippen MR) is 126 cm³/mol. The van der Waals surface area contributed by atoms with Crippen LogP contribution in [0.25, 0.3) is 17.5 Å². The van der Waals surface area contributed by atoms with Gasteiger partial charge in [-0.1, -0.05) is 51.1 Å². The lowest BCUT2D eigenvalue weighted by atomic mass is 10.1. The van der Waals surface area contributed by atoms with Crippen LogP contribution in [-0.4, -0.2) is 40.3 Å². The first-order chi connectivity index (χ1) is 14.9. The predicted octanol–water partition coefficient (Wildman–Crippen LogP) is 5.94. The van der Waals surface area contributed by atoms with Gasteiger partial charge < -0.3 is 14.4 Å². The first-order valence-corrected chi connectivity index (χ1v) is 10.4. The number of hydrogen-bond donors (Lipinski definition) is 1. The normalized spacial score (nSPS) is 10.3. The van der Waals surface area contributed by atoms with Gasteiger partial charge in [0.2, 0.25) is 11.8 Å². The molecule has 0 saturated heterocycles. The Balaban J connectivity index is 0.000000317. The fourth-order valence-electron chi connectivity index (χ4n) is 2.52. The number of allylic oxidation sites excluding steroid dienone is 1. The Hall–Kier alpha value is -3.25. The molecule has 31 heavy (non-hydrogen) atoms. The molecule has 0 atom stereocenters. The number of aromatic nitrogens is 2. The molecule has 0 unspecified atom stereocenters. The van der Waals surface area contributed by atoms with Crippen LogP contribution in [0.5, 0.6) is 0 Å². The van der Waals surface area contributed by atoms with Crippen LogP contribution in [0, 0.1) is 6.92 Å². The van der Waals surface area contributed by atoms with Crippen molar-refractivity contribution >= 4 is 12.0 Å². The zero-order valence-electron chi connectivity index (χ0n) is 19.3. The van der Waals surface area contributed by atoms with Gasteiger partial charge in [-0.2, -0.15) is 0 Å². The van der Waals surface area contributed by atoms with Gasteiger partial charge in [0, 0.05) is 12.1 Å². The lowest BCUT2D eigenvalue weighted by molar-refractivity contribution is 0.0697. The van der Waals surface area contributed by atoms with Crippen LogP contribution in [0.15, 0.2) is 59.0 Å². The van der Waals surface area contributed by atoms with Crippen LogP contribution in [0.2, 0.25) is 0 Å². The molecule has 0 amide bonds. The van der Waals surface area contributed by atoms with Gasteiger partial charge in [0.1, 0.15) is 0 Å². The van der Waals surface area contributed by atoms with Crippen LogP contribution < -0.4 is 0 Å². The number of nitrogens with zero attached hydrogens (tertiary/aromatic N) is 3. The first-order valence-electron chi connectivity index (χ1n) is 10.4. The molecule has 0 aliphatic heterocycles. The fraction of sp³-hybridized carbons (Fsp3) is 0.320. The molecular formula is C25H33N3O3. The van der Waals surface area contributed by atoms with Crippen molar-refractivity contribution in [1.82, 2.24) is 15.1 Å². The third kappa shape index (κ3) is 8.97. The summed E-state index contributed by atoms with van der Waals surface area (Å²) in [7, 11) is 4.18. The molecule has 0 fully saturated rings. The smallest absolute Gasteiger partial charge is 0.335 e. The summed E-state index contributed by atoms with van der Waals surface area (Å²) in [6.07, 6.45) is 4.57. The van der Waals surface area contributed by atoms with E-state index in [0.717, 1.165) is 13.0 Å². The number of rotatable bonds is 6. The minimum Gasteiger partial charge on any atom is -0.478 e. The van der Waals surface area contributed by atoms with Crippen molar-refractivity contribution in [1.29, 1.82) is 0 Å². The first kappa shape index (κ1) is 25.8. The lowest BCUT2D eigenvalue weighted by Crippen LogP contribution is -2.11. The third-order valence-electron chi connectivity index (χ3n) is 4.06. The molecule has 1 N–H and O–H groups in total. The average Bonchev–Trinajstić information content (AvgIpc) is 3.24. The highest BCUT2D eigenvalue weighted by Crippen LogP contribution is 2.19. The second-order valence-corrected chi connectivity index (χ2v) is 6.80. The molecule has 0 radical (unpaired) electrons. The quantitative estimate of drug-likeness (QED) is 0.528. The summed E-state index contributed by atoms with van der Waals surface area (Å²) < 4.78 is 5.42. The second-order valence-electron chi connectivity index (χ2n) is 6.80. The molecule has 0 spiro atoms. The second kappa shape index (κ2) is 13.9. The average molecular weight is 424 g/mol. The Morgan fingerprint density at radius 3 is 2.26 bits per heavy atom. The van der Waals surface area contributed by atoms with Crippen molar-refractivity contribution in [2.75, 3.05) is 14.1 Å². The van der Waals surface area contributed by atoms with Gasteiger partial charge in [0.25, 0.3) is 0 Å². The van der Waals surface area contributed by atoms with Crippen molar-refractivity contribution in [3.63, 3.8) is 0 Å². The van der Waals surface area contributed by atoms with Crippen molar-refractivity contribution in [2.45, 2.75) is 40.7 Å². The number of hydrogen-bond acceptors (Lipinski definition) is 5. The molecule has 1 aromatic heterocycles. The van der Waals surface area contributed by atoms with Crippen LogP contribution in [0.3, 0.4) is 0 Å². The van der Waals surface area contributed by atoms with Gasteiger partial charge in [-0.25, -0.2) is 4.79 Å². The fourth-order valence-corrected chi connectivity index (χ4v) is 2.52. The summed E-state index contributed by atoms with van der Waals surface area (Å²) in [5.41, 5.74) is 3.71. The van der Waals surface area contributed by atoms with Gasteiger partial charge in [0.05, 0.1) is 5.56 Å². The van der Waals surface area contributed by atoms with E-state index in [1.165, 1.54) is 23.3 Å². The van der Waals surface area contributed by atoms with E-state index in [9.17, 15) is 4.79 Å². The molecule has 1 heterocycles. The van der Waals surface area contributed by atoms with E-state index in [4.69, 9.17) is 9.52 Å². The van der Waals surface area contributed by atoms with Crippen molar-refractivity contribution in [3.05, 3.63) is 77.2 Å². The molecule has 0 aliphatic rings. The van der Waals surface area contributed by atoms with Crippen molar-refractivity contribution < 1.29 is 14.3 Å². The third-order valence-corrected chi connectivity index (χ3v) is 4.06. The molecule has 166 valence electrons. The monoisotopic (exact) mass is 423 g/mol. The summed E-state index contributed by atoms with van der Waals surface area (Å²) >= 11 is 0. The van der Waals surface area contributed by atoms with E-state index >= 15 is 0 Å². The molecule has 0 bridgehead atoms. The Kier molecular flexibility index (Phi) is 11.5. The van der Waals surface area contributed by atoms with E-state index in [0.29, 0.717) is 17.3 Å². The maximum absolute atomic E-state index is 10.7. The summed E-state index contributed by atoms with van der Waals surface area (Å²) in [6.45, 7) is 9.20. The van der Waals surface area contributed by atoms with E-state index in [1.807, 2.05) is 26.8 Å². The zero-order valence-corrected chi connectivity index (χ0v) is 19.3. The highest BCUT2D eigenvalue weighted by Gasteiger charge is 2.08. The Morgan fingerprint density at radius 1 is 1.06 bits per heavy atom. The summed E-state index contributed by atoms with van der Waals surface area (Å²) in [4.78, 5) is 12.9. The van der Waals surface area contributed by atoms with Gasteiger partial charge >= 0.3 is 5.97 Å². The molecule has 0 saturated carbocycles. The van der Waals surface area contributed by atoms with Crippen LogP contribution in [0.1, 0.15) is 54.6 Å². The lowest BCUT2D eigenvalue weighted by Gasteiger charge is -2.11. The largest absolute Gasteiger partial charge is 0.478 e. The topological polar surface area (TPSA) is 79.5 Å². The number of benzene rings is 2. The molecule has 2 aromatic carbocycles. The Morgan fingerprint density at radius 2 is 1.71 bits per heavy atom. The standard InChI is InChI=1S/C13H12N2O3.C10H15N.C2H6/c1-2-3-4-11-14-15-12(18-11)9-5-7-10(8-6-9)13(16)17;1-9-6-4-5-7-10(9)8-11(2)3;1-2/h3-8H,2H2,1H3,(H,16,17);4-7H,8H2,1-3H3;1-2H3/b4-3+;;. The van der Waals surface area contributed by atoms with Crippen LogP contribution >= 0.6 is 0 Å². The van der Waals surface area contributed by atoms with Crippen LogP contribution in [-0.2, 0) is 6.54 Å². The summed E-state index contributed by atoms with van der Waals surface area (Å²) in [6, 6.07) is 14.8. The summed E-state index contributed by atoms with van der Waals surface area (Å²) in [5.74, 6) is -0.143. The maximum Gasteiger partial charge on any atom is 0.335 e. The highest BCUT2D eigenvalue weighted by molar-refractivity contribution is 5.88. The van der Waals surface area contributed by atoms with Crippen LogP contribution in [0.4, 0.5) is 0 Å². The van der Waals surface area contributed by atoms with E-state index < -0.39 is 5.97 Å². The van der Waals surface area contributed by atoms with Crippen molar-refractivity contribution in [2.24, 2.45) is 0 Å². The zero-order chi connectivity index (χ0) is 23.2. The molecule has 3 rings (SSSR count). The minimum absolute atomic E-state index is 0.226. The van der Waals surface area contributed by atoms with E-state index in [-0.39, 0.29) is 5.56 Å². The van der Waals surface area contributed by atoms with E-state index in [2.05, 4.69) is 60.4 Å². The number of aryl methyl sites for hydroxylation is 1. The molecule has 6 heteroatoms. The van der Waals surface area contributed by atoms with Crippen molar-refractivity contribution in [3.8, 4) is 11.5 Å². The van der Waals surface area contributed by atoms with E-state index in [1.54, 1.807) is 18.2 Å². The molecular weight excluding hydrogens is 390 g/mol. The molecule has 0 aliphatic carbocycles. The maximum atomic E-state index is 10.7. The summed E-state index contributed by atoms with van der Waals surface area (Å²) in [5, 5.41) is 16.6. The SMILES string of the molecule is CC.CC/C=C/c1nnc(-c2ccc(C(=O)O)cc2)o1.Cc1ccccc1CN(C)C. The number of carboxylic acid groups (broad SMARTS) is 1. The van der Waals surface area contributed by atoms with Gasteiger partial charge in [-0.05, 0) is 68.9 Å². The number of aromatic carboxylic acids is 1. The molecule has 3 aromatic rings. The van der Waals surface area contributed by atoms with Gasteiger partial charge in [0.15, 0.2) is 0 Å². The highest BCUT2D eigenvalue weighted by atomic mass is 16.4. The number of carbonyl (C=O) groups is 1.